The number of nitrogens with one attached hydrogen (secondary N) is 1. The Morgan fingerprint density at radius 2 is 1.90 bits per heavy atom. The quantitative estimate of drug-likeness (QED) is 0.906. The highest BCUT2D eigenvalue weighted by atomic mass is 15.3. The van der Waals surface area contributed by atoms with Gasteiger partial charge in [0.25, 0.3) is 0 Å². The highest BCUT2D eigenvalue weighted by Gasteiger charge is 2.26. The van der Waals surface area contributed by atoms with Gasteiger partial charge in [-0.1, -0.05) is 26.0 Å². The van der Waals surface area contributed by atoms with E-state index in [2.05, 4.69) is 48.5 Å². The molecule has 1 saturated carbocycles. The van der Waals surface area contributed by atoms with Crippen LogP contribution >= 0.6 is 0 Å². The Balaban J connectivity index is 1.55. The van der Waals surface area contributed by atoms with E-state index in [0.717, 1.165) is 6.54 Å². The molecule has 112 valence electrons. The van der Waals surface area contributed by atoms with Crippen molar-refractivity contribution in [3.63, 3.8) is 0 Å². The van der Waals surface area contributed by atoms with E-state index >= 15 is 0 Å². The Morgan fingerprint density at radius 1 is 1.19 bits per heavy atom. The van der Waals surface area contributed by atoms with Gasteiger partial charge in [0.15, 0.2) is 0 Å². The zero-order valence-electron chi connectivity index (χ0n) is 13.0. The average molecular weight is 283 g/mol. The van der Waals surface area contributed by atoms with Gasteiger partial charge in [-0.05, 0) is 54.9 Å². The molecule has 2 aromatic rings. The van der Waals surface area contributed by atoms with Crippen LogP contribution in [0.5, 0.6) is 0 Å². The molecule has 1 aliphatic rings. The lowest BCUT2D eigenvalue weighted by atomic mass is 9.75. The maximum Gasteiger partial charge on any atom is 0.0659 e. The second-order valence-corrected chi connectivity index (χ2v) is 6.98. The maximum atomic E-state index is 4.24. The Hall–Kier alpha value is -1.77. The Morgan fingerprint density at radius 3 is 2.52 bits per heavy atom. The number of hydrogen-bond acceptors (Lipinski definition) is 2. The highest BCUT2D eigenvalue weighted by Crippen LogP contribution is 2.36. The molecular weight excluding hydrogens is 258 g/mol. The first-order valence-electron chi connectivity index (χ1n) is 7.94. The van der Waals surface area contributed by atoms with Crippen LogP contribution in [0.3, 0.4) is 0 Å². The standard InChI is InChI=1S/C18H25N3/c1-18(2)10-8-17(9-11-18)20-16-6-4-15(5-7-16)14-21-13-3-12-19-21/h3-7,12-13,17,20H,8-11,14H2,1-2H3. The van der Waals surface area contributed by atoms with Gasteiger partial charge < -0.3 is 5.32 Å². The number of benzene rings is 1. The lowest BCUT2D eigenvalue weighted by Crippen LogP contribution is -2.29. The molecule has 0 unspecified atom stereocenters. The second kappa shape index (κ2) is 5.92. The third-order valence-electron chi connectivity index (χ3n) is 4.57. The lowest BCUT2D eigenvalue weighted by Gasteiger charge is -2.35. The van der Waals surface area contributed by atoms with Crippen molar-refractivity contribution in [2.75, 3.05) is 5.32 Å². The third kappa shape index (κ3) is 3.87. The fraction of sp³-hybridized carbons (Fsp3) is 0.500. The number of anilines is 1. The number of rotatable bonds is 4. The van der Waals surface area contributed by atoms with Crippen LogP contribution in [-0.4, -0.2) is 15.8 Å². The van der Waals surface area contributed by atoms with E-state index in [9.17, 15) is 0 Å². The fourth-order valence-electron chi connectivity index (χ4n) is 3.07. The van der Waals surface area contributed by atoms with Crippen molar-refractivity contribution in [3.05, 3.63) is 48.3 Å². The van der Waals surface area contributed by atoms with Crippen molar-refractivity contribution in [2.24, 2.45) is 5.41 Å². The van der Waals surface area contributed by atoms with E-state index in [1.165, 1.54) is 36.9 Å². The second-order valence-electron chi connectivity index (χ2n) is 6.98. The van der Waals surface area contributed by atoms with Crippen LogP contribution in [0.1, 0.15) is 45.1 Å². The van der Waals surface area contributed by atoms with Crippen LogP contribution in [0, 0.1) is 5.41 Å². The van der Waals surface area contributed by atoms with E-state index in [4.69, 9.17) is 0 Å². The zero-order chi connectivity index (χ0) is 14.7. The molecule has 0 amide bonds. The summed E-state index contributed by atoms with van der Waals surface area (Å²) in [6, 6.07) is 11.4. The largest absolute Gasteiger partial charge is 0.382 e. The molecule has 0 aliphatic heterocycles. The van der Waals surface area contributed by atoms with Gasteiger partial charge in [0.05, 0.1) is 6.54 Å². The van der Waals surface area contributed by atoms with Gasteiger partial charge >= 0.3 is 0 Å². The predicted octanol–water partition coefficient (Wildman–Crippen LogP) is 4.31. The summed E-state index contributed by atoms with van der Waals surface area (Å²) in [7, 11) is 0. The van der Waals surface area contributed by atoms with Crippen LogP contribution in [0.15, 0.2) is 42.7 Å². The molecule has 1 heterocycles. The Kier molecular flexibility index (Phi) is 4.00. The van der Waals surface area contributed by atoms with Crippen molar-refractivity contribution in [1.29, 1.82) is 0 Å². The van der Waals surface area contributed by atoms with Crippen molar-refractivity contribution >= 4 is 5.69 Å². The highest BCUT2D eigenvalue weighted by molar-refractivity contribution is 5.45. The van der Waals surface area contributed by atoms with Gasteiger partial charge in [-0.15, -0.1) is 0 Å². The van der Waals surface area contributed by atoms with Crippen LogP contribution < -0.4 is 5.32 Å². The molecule has 3 rings (SSSR count). The summed E-state index contributed by atoms with van der Waals surface area (Å²) in [6.07, 6.45) is 9.02. The first kappa shape index (κ1) is 14.2. The fourth-order valence-corrected chi connectivity index (χ4v) is 3.07. The smallest absolute Gasteiger partial charge is 0.0659 e. The molecule has 0 radical (unpaired) electrons. The van der Waals surface area contributed by atoms with E-state index < -0.39 is 0 Å². The van der Waals surface area contributed by atoms with Gasteiger partial charge in [0, 0.05) is 24.1 Å². The molecule has 1 aromatic carbocycles. The number of nitrogens with zero attached hydrogens (tertiary/aromatic N) is 2. The first-order valence-corrected chi connectivity index (χ1v) is 7.94. The maximum absolute atomic E-state index is 4.24. The molecule has 0 atom stereocenters. The predicted molar refractivity (Wildman–Crippen MR) is 87.4 cm³/mol. The molecule has 1 N–H and O–H groups in total. The molecular formula is C18H25N3. The van der Waals surface area contributed by atoms with Crippen molar-refractivity contribution in [3.8, 4) is 0 Å². The molecule has 0 saturated heterocycles. The van der Waals surface area contributed by atoms with Crippen LogP contribution in [0.4, 0.5) is 5.69 Å². The molecule has 0 bridgehead atoms. The summed E-state index contributed by atoms with van der Waals surface area (Å²) in [6.45, 7) is 5.60. The molecule has 1 fully saturated rings. The lowest BCUT2D eigenvalue weighted by molar-refractivity contribution is 0.232. The third-order valence-corrected chi connectivity index (χ3v) is 4.57. The molecule has 0 spiro atoms. The topological polar surface area (TPSA) is 29.9 Å². The monoisotopic (exact) mass is 283 g/mol. The summed E-state index contributed by atoms with van der Waals surface area (Å²) < 4.78 is 1.95. The molecule has 1 aromatic heterocycles. The van der Waals surface area contributed by atoms with Gasteiger partial charge in [-0.2, -0.15) is 5.10 Å². The molecule has 1 aliphatic carbocycles. The minimum Gasteiger partial charge on any atom is -0.382 e. The van der Waals surface area contributed by atoms with Gasteiger partial charge in [-0.25, -0.2) is 0 Å². The Bertz CT molecular complexity index is 545. The van der Waals surface area contributed by atoms with E-state index in [1.54, 1.807) is 0 Å². The summed E-state index contributed by atoms with van der Waals surface area (Å²) >= 11 is 0. The van der Waals surface area contributed by atoms with Gasteiger partial charge in [0.1, 0.15) is 0 Å². The normalized spacial score (nSPS) is 18.6. The van der Waals surface area contributed by atoms with Gasteiger partial charge in [0.2, 0.25) is 0 Å². The van der Waals surface area contributed by atoms with Crippen LogP contribution in [-0.2, 0) is 6.54 Å². The van der Waals surface area contributed by atoms with Gasteiger partial charge in [-0.3, -0.25) is 4.68 Å². The molecule has 21 heavy (non-hydrogen) atoms. The average Bonchev–Trinajstić information content (AvgIpc) is 2.96. The van der Waals surface area contributed by atoms with E-state index in [-0.39, 0.29) is 0 Å². The van der Waals surface area contributed by atoms with E-state index in [0.29, 0.717) is 11.5 Å². The summed E-state index contributed by atoms with van der Waals surface area (Å²) in [5.74, 6) is 0. The molecule has 3 nitrogen and oxygen atoms in total. The van der Waals surface area contributed by atoms with Crippen molar-refractivity contribution < 1.29 is 0 Å². The Labute approximate surface area is 127 Å². The number of hydrogen-bond donors (Lipinski definition) is 1. The molecule has 3 heteroatoms. The SMILES string of the molecule is CC1(C)CCC(Nc2ccc(Cn3cccn3)cc2)CC1. The van der Waals surface area contributed by atoms with Crippen molar-refractivity contribution in [1.82, 2.24) is 9.78 Å². The minimum absolute atomic E-state index is 0.534. The summed E-state index contributed by atoms with van der Waals surface area (Å²) in [5, 5.41) is 7.92. The number of aromatic nitrogens is 2. The zero-order valence-corrected chi connectivity index (χ0v) is 13.0. The summed E-state index contributed by atoms with van der Waals surface area (Å²) in [4.78, 5) is 0. The summed E-state index contributed by atoms with van der Waals surface area (Å²) in [5.41, 5.74) is 3.06. The van der Waals surface area contributed by atoms with Crippen LogP contribution in [0.2, 0.25) is 0 Å². The first-order chi connectivity index (χ1) is 10.1. The van der Waals surface area contributed by atoms with Crippen LogP contribution in [0.25, 0.3) is 0 Å². The van der Waals surface area contributed by atoms with E-state index in [1.807, 2.05) is 23.1 Å². The minimum atomic E-state index is 0.534. The van der Waals surface area contributed by atoms with Crippen molar-refractivity contribution in [2.45, 2.75) is 52.1 Å².